The highest BCUT2D eigenvalue weighted by atomic mass is 127. The largest absolute Gasteiger partial charge is 0.453 e. The fourth-order valence-electron chi connectivity index (χ4n) is 2.77. The van der Waals surface area contributed by atoms with Crippen LogP contribution in [0.25, 0.3) is 11.5 Å². The highest BCUT2D eigenvalue weighted by molar-refractivity contribution is 14.0. The minimum atomic E-state index is -0.497. The first-order valence-electron chi connectivity index (χ1n) is 10.0. The minimum Gasteiger partial charge on any atom is -0.453 e. The molecule has 0 atom stereocenters. The fourth-order valence-corrected chi connectivity index (χ4v) is 2.77. The molecule has 0 saturated carbocycles. The van der Waals surface area contributed by atoms with E-state index in [1.165, 1.54) is 12.7 Å². The Morgan fingerprint density at radius 1 is 1.09 bits per heavy atom. The number of oxazole rings is 1. The lowest BCUT2D eigenvalue weighted by Crippen LogP contribution is -2.36. The van der Waals surface area contributed by atoms with Crippen molar-refractivity contribution in [3.8, 4) is 11.5 Å². The Morgan fingerprint density at radius 3 is 2.47 bits per heavy atom. The van der Waals surface area contributed by atoms with Crippen molar-refractivity contribution in [1.82, 2.24) is 15.6 Å². The van der Waals surface area contributed by atoms with Gasteiger partial charge in [0.25, 0.3) is 0 Å². The van der Waals surface area contributed by atoms with Gasteiger partial charge in [-0.15, -0.1) is 24.0 Å². The summed E-state index contributed by atoms with van der Waals surface area (Å²) in [5.41, 5.74) is 4.61. The maximum atomic E-state index is 11.3. The average molecular weight is 549 g/mol. The van der Waals surface area contributed by atoms with Gasteiger partial charge < -0.3 is 19.8 Å². The Labute approximate surface area is 204 Å². The van der Waals surface area contributed by atoms with Gasteiger partial charge in [-0.2, -0.15) is 0 Å². The molecule has 1 heterocycles. The van der Waals surface area contributed by atoms with Crippen molar-refractivity contribution in [1.29, 1.82) is 0 Å². The predicted octanol–water partition coefficient (Wildman–Crippen LogP) is 4.70. The number of aromatic nitrogens is 1. The van der Waals surface area contributed by atoms with Crippen LogP contribution in [0.2, 0.25) is 0 Å². The first-order chi connectivity index (χ1) is 15.1. The van der Waals surface area contributed by atoms with Crippen LogP contribution >= 0.6 is 24.0 Å². The number of amides is 1. The molecule has 0 aliphatic heterocycles. The van der Waals surface area contributed by atoms with Gasteiger partial charge >= 0.3 is 6.09 Å². The zero-order valence-electron chi connectivity index (χ0n) is 18.3. The molecule has 170 valence electrons. The van der Waals surface area contributed by atoms with Crippen LogP contribution in [0.5, 0.6) is 0 Å². The Bertz CT molecular complexity index is 1020. The topological polar surface area (TPSA) is 101 Å². The summed E-state index contributed by atoms with van der Waals surface area (Å²) in [6, 6.07) is 15.5. The highest BCUT2D eigenvalue weighted by Gasteiger charge is 2.07. The molecule has 3 aromatic rings. The number of ether oxygens (including phenoxy) is 1. The van der Waals surface area contributed by atoms with E-state index in [1.54, 1.807) is 6.26 Å². The maximum absolute atomic E-state index is 11.3. The molecule has 0 saturated heterocycles. The van der Waals surface area contributed by atoms with Crippen molar-refractivity contribution < 1.29 is 13.9 Å². The van der Waals surface area contributed by atoms with Crippen molar-refractivity contribution in [3.63, 3.8) is 0 Å². The van der Waals surface area contributed by atoms with Crippen LogP contribution in [0.1, 0.15) is 23.7 Å². The smallest absolute Gasteiger partial charge is 0.411 e. The number of carbonyl (C=O) groups is 1. The summed E-state index contributed by atoms with van der Waals surface area (Å²) in [7, 11) is 1.33. The van der Waals surface area contributed by atoms with E-state index in [-0.39, 0.29) is 24.0 Å². The van der Waals surface area contributed by atoms with E-state index in [9.17, 15) is 4.79 Å². The lowest BCUT2D eigenvalue weighted by molar-refractivity contribution is 0.187. The van der Waals surface area contributed by atoms with Gasteiger partial charge in [-0.05, 0) is 43.7 Å². The average Bonchev–Trinajstić information content (AvgIpc) is 3.26. The summed E-state index contributed by atoms with van der Waals surface area (Å²) in [6.45, 7) is 5.77. The van der Waals surface area contributed by atoms with Gasteiger partial charge in [0.1, 0.15) is 6.26 Å². The molecule has 0 bridgehead atoms. The predicted molar refractivity (Wildman–Crippen MR) is 136 cm³/mol. The number of guanidine groups is 1. The van der Waals surface area contributed by atoms with E-state index in [0.29, 0.717) is 30.6 Å². The SMILES string of the molecule is CCNC(=NCc1ccc(NC(=O)OC)cc1)NCc1coc(-c2ccc(C)cc2)n1.I. The Balaban J connectivity index is 0.00000363. The number of anilines is 1. The first-order valence-corrected chi connectivity index (χ1v) is 10.0. The monoisotopic (exact) mass is 549 g/mol. The molecule has 0 fully saturated rings. The van der Waals surface area contributed by atoms with Gasteiger partial charge in [-0.1, -0.05) is 29.8 Å². The van der Waals surface area contributed by atoms with Crippen molar-refractivity contribution in [2.75, 3.05) is 19.0 Å². The molecule has 0 aliphatic rings. The van der Waals surface area contributed by atoms with Crippen LogP contribution in [0.4, 0.5) is 10.5 Å². The van der Waals surface area contributed by atoms with Crippen LogP contribution < -0.4 is 16.0 Å². The van der Waals surface area contributed by atoms with Gasteiger partial charge in [0.05, 0.1) is 25.9 Å². The third-order valence-electron chi connectivity index (χ3n) is 4.44. The number of nitrogens with zero attached hydrogens (tertiary/aromatic N) is 2. The molecule has 3 N–H and O–H groups in total. The number of aliphatic imine (C=N–C) groups is 1. The number of methoxy groups -OCH3 is 1. The highest BCUT2D eigenvalue weighted by Crippen LogP contribution is 2.19. The lowest BCUT2D eigenvalue weighted by atomic mass is 10.1. The molecule has 2 aromatic carbocycles. The summed E-state index contributed by atoms with van der Waals surface area (Å²) in [5.74, 6) is 1.28. The van der Waals surface area contributed by atoms with Crippen LogP contribution in [0, 0.1) is 6.92 Å². The van der Waals surface area contributed by atoms with E-state index in [1.807, 2.05) is 62.4 Å². The summed E-state index contributed by atoms with van der Waals surface area (Å²) in [4.78, 5) is 20.4. The molecule has 1 amide bonds. The van der Waals surface area contributed by atoms with Crippen LogP contribution in [0.15, 0.2) is 64.2 Å². The molecule has 3 rings (SSSR count). The van der Waals surface area contributed by atoms with Crippen molar-refractivity contribution in [2.45, 2.75) is 26.9 Å². The summed E-state index contributed by atoms with van der Waals surface area (Å²) >= 11 is 0. The normalized spacial score (nSPS) is 10.8. The Kier molecular flexibility index (Phi) is 9.99. The fraction of sp³-hybridized carbons (Fsp3) is 0.261. The third kappa shape index (κ3) is 7.56. The zero-order valence-corrected chi connectivity index (χ0v) is 20.7. The molecule has 8 nitrogen and oxygen atoms in total. The quantitative estimate of drug-likeness (QED) is 0.225. The molecule has 0 spiro atoms. The van der Waals surface area contributed by atoms with E-state index >= 15 is 0 Å². The van der Waals surface area contributed by atoms with Gasteiger partial charge in [-0.25, -0.2) is 14.8 Å². The van der Waals surface area contributed by atoms with Gasteiger partial charge in [0.15, 0.2) is 5.96 Å². The van der Waals surface area contributed by atoms with Crippen molar-refractivity contribution >= 4 is 41.7 Å². The van der Waals surface area contributed by atoms with Crippen LogP contribution in [-0.4, -0.2) is 30.7 Å². The van der Waals surface area contributed by atoms with Gasteiger partial charge in [0, 0.05) is 17.8 Å². The number of hydrogen-bond acceptors (Lipinski definition) is 5. The van der Waals surface area contributed by atoms with E-state index in [0.717, 1.165) is 23.4 Å². The second kappa shape index (κ2) is 12.7. The summed E-state index contributed by atoms with van der Waals surface area (Å²) in [6.07, 6.45) is 1.15. The zero-order chi connectivity index (χ0) is 22.1. The van der Waals surface area contributed by atoms with E-state index in [2.05, 4.69) is 30.7 Å². The third-order valence-corrected chi connectivity index (χ3v) is 4.44. The summed E-state index contributed by atoms with van der Waals surface area (Å²) in [5, 5.41) is 9.11. The maximum Gasteiger partial charge on any atom is 0.411 e. The van der Waals surface area contributed by atoms with Crippen molar-refractivity contribution in [2.24, 2.45) is 4.99 Å². The number of carbonyl (C=O) groups excluding carboxylic acids is 1. The minimum absolute atomic E-state index is 0. The van der Waals surface area contributed by atoms with Crippen LogP contribution in [-0.2, 0) is 17.8 Å². The molecule has 0 unspecified atom stereocenters. The second-order valence-corrected chi connectivity index (χ2v) is 6.87. The molecular weight excluding hydrogens is 521 g/mol. The number of halogens is 1. The number of rotatable bonds is 7. The molecule has 0 radical (unpaired) electrons. The molecule has 0 aliphatic carbocycles. The lowest BCUT2D eigenvalue weighted by Gasteiger charge is -2.10. The summed E-state index contributed by atoms with van der Waals surface area (Å²) < 4.78 is 10.2. The number of benzene rings is 2. The number of nitrogens with one attached hydrogen (secondary N) is 3. The molecular formula is C23H28IN5O3. The number of hydrogen-bond donors (Lipinski definition) is 3. The molecule has 32 heavy (non-hydrogen) atoms. The number of aryl methyl sites for hydroxylation is 1. The van der Waals surface area contributed by atoms with Gasteiger partial charge in [0.2, 0.25) is 5.89 Å². The Morgan fingerprint density at radius 2 is 1.81 bits per heavy atom. The van der Waals surface area contributed by atoms with Gasteiger partial charge in [-0.3, -0.25) is 5.32 Å². The van der Waals surface area contributed by atoms with Crippen LogP contribution in [0.3, 0.4) is 0 Å². The standard InChI is InChI=1S/C23H27N5O3.HI/c1-4-24-22(25-13-17-7-11-19(12-8-17)28-23(29)30-3)26-14-20-15-31-21(27-20)18-9-5-16(2)6-10-18;/h5-12,15H,4,13-14H2,1-3H3,(H,28,29)(H2,24,25,26);1H. The molecule has 9 heteroatoms. The first kappa shape index (κ1) is 25.2. The Hall–Kier alpha value is -3.08. The second-order valence-electron chi connectivity index (χ2n) is 6.87. The molecule has 1 aromatic heterocycles. The van der Waals surface area contributed by atoms with E-state index in [4.69, 9.17) is 4.42 Å². The van der Waals surface area contributed by atoms with Crippen molar-refractivity contribution in [3.05, 3.63) is 71.6 Å². The van der Waals surface area contributed by atoms with E-state index < -0.39 is 6.09 Å².